The third-order valence-electron chi connectivity index (χ3n) is 3.23. The summed E-state index contributed by atoms with van der Waals surface area (Å²) in [6.07, 6.45) is 1.78. The van der Waals surface area contributed by atoms with Gasteiger partial charge in [0.1, 0.15) is 5.15 Å². The number of aromatic nitrogens is 1. The van der Waals surface area contributed by atoms with Crippen LogP contribution in [0.15, 0.2) is 12.3 Å². The average Bonchev–Trinajstić information content (AvgIpc) is 2.55. The second-order valence-corrected chi connectivity index (χ2v) is 5.21. The molecule has 1 aliphatic heterocycles. The average molecular weight is 227 g/mol. The Hall–Kier alpha value is -0.445. The highest BCUT2D eigenvalue weighted by atomic mass is 35.5. The van der Waals surface area contributed by atoms with Crippen LogP contribution in [0.2, 0.25) is 5.15 Å². The highest BCUT2D eigenvalue weighted by Gasteiger charge is 2.52. The predicted octanol–water partition coefficient (Wildman–Crippen LogP) is 1.97. The van der Waals surface area contributed by atoms with Gasteiger partial charge in [-0.25, -0.2) is 0 Å². The van der Waals surface area contributed by atoms with E-state index in [9.17, 15) is 0 Å². The van der Waals surface area contributed by atoms with Crippen molar-refractivity contribution in [3.8, 4) is 0 Å². The third-order valence-corrected chi connectivity index (χ3v) is 3.56. The molecule has 15 heavy (non-hydrogen) atoms. The smallest absolute Gasteiger partial charge is 0.399 e. The Kier molecular flexibility index (Phi) is 2.41. The molecule has 0 spiro atoms. The maximum absolute atomic E-state index is 5.99. The lowest BCUT2D eigenvalue weighted by Gasteiger charge is -2.32. The van der Waals surface area contributed by atoms with Crippen molar-refractivity contribution in [1.29, 1.82) is 0 Å². The van der Waals surface area contributed by atoms with Crippen LogP contribution in [0, 0.1) is 0 Å². The minimum atomic E-state index is -0.381. The first-order valence-electron chi connectivity index (χ1n) is 5.02. The molecule has 0 atom stereocenters. The van der Waals surface area contributed by atoms with E-state index in [0.29, 0.717) is 5.15 Å². The Balaban J connectivity index is 2.27. The molecular formula is C10H15BClNO2. The van der Waals surface area contributed by atoms with E-state index in [1.165, 1.54) is 0 Å². The lowest BCUT2D eigenvalue weighted by Crippen LogP contribution is -2.41. The Morgan fingerprint density at radius 1 is 1.20 bits per heavy atom. The molecular weight excluding hydrogens is 212 g/mol. The number of nitrogens with one attached hydrogen (secondary N) is 1. The Labute approximate surface area is 95.2 Å². The largest absolute Gasteiger partial charge is 0.497 e. The van der Waals surface area contributed by atoms with Crippen LogP contribution in [0.5, 0.6) is 0 Å². The van der Waals surface area contributed by atoms with Crippen LogP contribution in [0.1, 0.15) is 27.7 Å². The predicted molar refractivity (Wildman–Crippen MR) is 61.5 cm³/mol. The van der Waals surface area contributed by atoms with Crippen LogP contribution < -0.4 is 5.46 Å². The van der Waals surface area contributed by atoms with Gasteiger partial charge in [-0.3, -0.25) is 0 Å². The number of hydrogen-bond donors (Lipinski definition) is 1. The molecule has 1 aromatic rings. The fraction of sp³-hybridized carbons (Fsp3) is 0.600. The first-order chi connectivity index (χ1) is 6.83. The van der Waals surface area contributed by atoms with Crippen molar-refractivity contribution in [3.63, 3.8) is 0 Å². The zero-order valence-corrected chi connectivity index (χ0v) is 10.2. The Bertz CT molecular complexity index is 359. The van der Waals surface area contributed by atoms with E-state index in [2.05, 4.69) is 4.98 Å². The van der Waals surface area contributed by atoms with Crippen LogP contribution in [0.4, 0.5) is 0 Å². The molecule has 2 rings (SSSR count). The van der Waals surface area contributed by atoms with Gasteiger partial charge in [0.05, 0.1) is 11.2 Å². The van der Waals surface area contributed by atoms with E-state index in [1.807, 2.05) is 33.8 Å². The van der Waals surface area contributed by atoms with Crippen molar-refractivity contribution < 1.29 is 9.31 Å². The molecule has 0 amide bonds. The molecule has 1 saturated heterocycles. The topological polar surface area (TPSA) is 34.2 Å². The molecule has 5 heteroatoms. The summed E-state index contributed by atoms with van der Waals surface area (Å²) in [7, 11) is -0.381. The fourth-order valence-electron chi connectivity index (χ4n) is 1.51. The van der Waals surface area contributed by atoms with E-state index in [4.69, 9.17) is 20.9 Å². The zero-order valence-electron chi connectivity index (χ0n) is 9.43. The Morgan fingerprint density at radius 3 is 2.13 bits per heavy atom. The van der Waals surface area contributed by atoms with Gasteiger partial charge in [-0.05, 0) is 33.8 Å². The second kappa shape index (κ2) is 3.27. The van der Waals surface area contributed by atoms with E-state index >= 15 is 0 Å². The quantitative estimate of drug-likeness (QED) is 0.745. The number of H-pyrrole nitrogens is 1. The van der Waals surface area contributed by atoms with Gasteiger partial charge in [0.15, 0.2) is 0 Å². The van der Waals surface area contributed by atoms with Gasteiger partial charge < -0.3 is 14.3 Å². The van der Waals surface area contributed by atoms with E-state index < -0.39 is 0 Å². The van der Waals surface area contributed by atoms with Crippen LogP contribution >= 0.6 is 11.6 Å². The van der Waals surface area contributed by atoms with Gasteiger partial charge in [-0.1, -0.05) is 11.6 Å². The summed E-state index contributed by atoms with van der Waals surface area (Å²) < 4.78 is 11.7. The highest BCUT2D eigenvalue weighted by molar-refractivity contribution is 6.65. The molecule has 0 bridgehead atoms. The second-order valence-electron chi connectivity index (χ2n) is 4.84. The molecule has 1 fully saturated rings. The first-order valence-corrected chi connectivity index (χ1v) is 5.40. The molecule has 0 unspecified atom stereocenters. The van der Waals surface area contributed by atoms with Crippen LogP contribution in [0.25, 0.3) is 0 Å². The molecule has 3 nitrogen and oxygen atoms in total. The van der Waals surface area contributed by atoms with Gasteiger partial charge in [-0.2, -0.15) is 0 Å². The normalized spacial score (nSPS) is 23.4. The van der Waals surface area contributed by atoms with E-state index in [-0.39, 0.29) is 18.3 Å². The monoisotopic (exact) mass is 227 g/mol. The van der Waals surface area contributed by atoms with Gasteiger partial charge in [-0.15, -0.1) is 0 Å². The van der Waals surface area contributed by atoms with Crippen molar-refractivity contribution in [1.82, 2.24) is 4.98 Å². The molecule has 0 aromatic carbocycles. The SMILES string of the molecule is CC1(C)OB(c2cc[nH]c2Cl)OC1(C)C. The molecule has 1 aromatic heterocycles. The van der Waals surface area contributed by atoms with Crippen LogP contribution in [-0.2, 0) is 9.31 Å². The van der Waals surface area contributed by atoms with E-state index in [0.717, 1.165) is 5.46 Å². The minimum absolute atomic E-state index is 0.321. The van der Waals surface area contributed by atoms with E-state index in [1.54, 1.807) is 6.20 Å². The molecule has 1 N–H and O–H groups in total. The summed E-state index contributed by atoms with van der Waals surface area (Å²) in [5, 5.41) is 0.577. The Morgan fingerprint density at radius 2 is 1.73 bits per heavy atom. The lowest BCUT2D eigenvalue weighted by atomic mass is 9.81. The summed E-state index contributed by atoms with van der Waals surface area (Å²) in [5.41, 5.74) is 0.214. The molecule has 0 saturated carbocycles. The molecule has 82 valence electrons. The van der Waals surface area contributed by atoms with Gasteiger partial charge >= 0.3 is 7.12 Å². The summed E-state index contributed by atoms with van der Waals surface area (Å²) >= 11 is 5.99. The molecule has 2 heterocycles. The maximum Gasteiger partial charge on any atom is 0.497 e. The number of halogens is 1. The third kappa shape index (κ3) is 1.71. The highest BCUT2D eigenvalue weighted by Crippen LogP contribution is 2.36. The number of rotatable bonds is 1. The standard InChI is InChI=1S/C10H15BClNO2/c1-9(2)10(3,4)15-11(14-9)7-5-6-13-8(7)12/h5-6,13H,1-4H3. The van der Waals surface area contributed by atoms with Crippen LogP contribution in [-0.4, -0.2) is 23.3 Å². The first kappa shape index (κ1) is 11.1. The van der Waals surface area contributed by atoms with Gasteiger partial charge in [0, 0.05) is 11.7 Å². The number of aromatic amines is 1. The van der Waals surface area contributed by atoms with Crippen molar-refractivity contribution >= 4 is 24.2 Å². The van der Waals surface area contributed by atoms with Crippen LogP contribution in [0.3, 0.4) is 0 Å². The lowest BCUT2D eigenvalue weighted by molar-refractivity contribution is 0.00578. The van der Waals surface area contributed by atoms with Gasteiger partial charge in [0.25, 0.3) is 0 Å². The van der Waals surface area contributed by atoms with Crippen molar-refractivity contribution in [2.45, 2.75) is 38.9 Å². The van der Waals surface area contributed by atoms with Crippen molar-refractivity contribution in [3.05, 3.63) is 17.4 Å². The van der Waals surface area contributed by atoms with Crippen molar-refractivity contribution in [2.75, 3.05) is 0 Å². The maximum atomic E-state index is 5.99. The van der Waals surface area contributed by atoms with Gasteiger partial charge in [0.2, 0.25) is 0 Å². The number of hydrogen-bond acceptors (Lipinski definition) is 2. The summed E-state index contributed by atoms with van der Waals surface area (Å²) in [6, 6.07) is 1.88. The molecule has 1 aliphatic rings. The minimum Gasteiger partial charge on any atom is -0.399 e. The van der Waals surface area contributed by atoms with Crippen molar-refractivity contribution in [2.24, 2.45) is 0 Å². The molecule has 0 radical (unpaired) electrons. The summed E-state index contributed by atoms with van der Waals surface area (Å²) in [5.74, 6) is 0. The fourth-order valence-corrected chi connectivity index (χ4v) is 1.73. The molecule has 0 aliphatic carbocycles. The summed E-state index contributed by atoms with van der Waals surface area (Å²) in [6.45, 7) is 8.09. The zero-order chi connectivity index (χ0) is 11.3. The summed E-state index contributed by atoms with van der Waals surface area (Å²) in [4.78, 5) is 2.91.